The number of nitrogens with zero attached hydrogens (tertiary/aromatic N) is 3. The Morgan fingerprint density at radius 1 is 1.21 bits per heavy atom. The molecular formula is C17H25N5O6S. The van der Waals surface area contributed by atoms with E-state index in [2.05, 4.69) is 5.32 Å². The summed E-state index contributed by atoms with van der Waals surface area (Å²) >= 11 is 0. The lowest BCUT2D eigenvalue weighted by atomic mass is 10.1. The zero-order valence-corrected chi connectivity index (χ0v) is 17.1. The molecule has 0 atom stereocenters. The quantitative estimate of drug-likeness (QED) is 0.470. The summed E-state index contributed by atoms with van der Waals surface area (Å²) in [5.41, 5.74) is -0.340. The number of rotatable bonds is 7. The molecule has 1 heterocycles. The summed E-state index contributed by atoms with van der Waals surface area (Å²) < 4.78 is 22.7. The van der Waals surface area contributed by atoms with Crippen molar-refractivity contribution in [3.05, 3.63) is 28.3 Å². The Hall–Kier alpha value is -2.73. The molecular weight excluding hydrogens is 402 g/mol. The van der Waals surface area contributed by atoms with E-state index in [4.69, 9.17) is 5.14 Å². The molecule has 3 N–H and O–H groups in total. The van der Waals surface area contributed by atoms with Gasteiger partial charge in [-0.15, -0.1) is 0 Å². The number of amides is 2. The number of nitrogens with two attached hydrogens (primary N) is 1. The Labute approximate surface area is 169 Å². The van der Waals surface area contributed by atoms with Crippen molar-refractivity contribution in [2.45, 2.75) is 25.2 Å². The van der Waals surface area contributed by atoms with E-state index < -0.39 is 20.6 Å². The number of nitro benzene ring substituents is 1. The van der Waals surface area contributed by atoms with Gasteiger partial charge in [0.15, 0.2) is 0 Å². The van der Waals surface area contributed by atoms with Gasteiger partial charge in [0.2, 0.25) is 21.8 Å². The SMILES string of the molecule is CC(C)C(=O)N1CCN(C(=O)CCNc2ccc(S(N)(=O)=O)cc2[N+](=O)[O-])CC1. The van der Waals surface area contributed by atoms with E-state index >= 15 is 0 Å². The fourth-order valence-electron chi connectivity index (χ4n) is 2.99. The van der Waals surface area contributed by atoms with Crippen LogP contribution in [-0.2, 0) is 19.6 Å². The zero-order valence-electron chi connectivity index (χ0n) is 16.3. The minimum absolute atomic E-state index is 0.0639. The lowest BCUT2D eigenvalue weighted by molar-refractivity contribution is -0.384. The summed E-state index contributed by atoms with van der Waals surface area (Å²) in [6.45, 7) is 5.66. The Kier molecular flexibility index (Phi) is 7.14. The fraction of sp³-hybridized carbons (Fsp3) is 0.529. The van der Waals surface area contributed by atoms with Crippen molar-refractivity contribution in [1.82, 2.24) is 9.80 Å². The van der Waals surface area contributed by atoms with Gasteiger partial charge in [0.05, 0.1) is 9.82 Å². The highest BCUT2D eigenvalue weighted by Gasteiger charge is 2.25. The van der Waals surface area contributed by atoms with Crippen LogP contribution in [0.4, 0.5) is 11.4 Å². The second-order valence-electron chi connectivity index (χ2n) is 7.02. The highest BCUT2D eigenvalue weighted by Crippen LogP contribution is 2.27. The molecule has 2 amide bonds. The summed E-state index contributed by atoms with van der Waals surface area (Å²) in [6.07, 6.45) is 0.103. The Bertz CT molecular complexity index is 894. The third-order valence-corrected chi connectivity index (χ3v) is 5.50. The molecule has 1 saturated heterocycles. The monoisotopic (exact) mass is 427 g/mol. The van der Waals surface area contributed by atoms with E-state index in [1.54, 1.807) is 9.80 Å². The van der Waals surface area contributed by atoms with E-state index in [1.165, 1.54) is 6.07 Å². The summed E-state index contributed by atoms with van der Waals surface area (Å²) in [5.74, 6) is -0.148. The average Bonchev–Trinajstić information content (AvgIpc) is 2.66. The van der Waals surface area contributed by atoms with Gasteiger partial charge in [0.1, 0.15) is 5.69 Å². The molecule has 0 bridgehead atoms. The summed E-state index contributed by atoms with van der Waals surface area (Å²) in [5, 5.41) is 19.0. The van der Waals surface area contributed by atoms with Gasteiger partial charge in [0.25, 0.3) is 5.69 Å². The van der Waals surface area contributed by atoms with E-state index in [9.17, 15) is 28.1 Å². The Morgan fingerprint density at radius 2 is 1.79 bits per heavy atom. The molecule has 1 aromatic rings. The van der Waals surface area contributed by atoms with Gasteiger partial charge in [-0.05, 0) is 12.1 Å². The van der Waals surface area contributed by atoms with Crippen molar-refractivity contribution in [2.24, 2.45) is 11.1 Å². The maximum Gasteiger partial charge on any atom is 0.293 e. The highest BCUT2D eigenvalue weighted by atomic mass is 32.2. The maximum absolute atomic E-state index is 12.4. The zero-order chi connectivity index (χ0) is 21.8. The summed E-state index contributed by atoms with van der Waals surface area (Å²) in [4.78, 5) is 37.9. The van der Waals surface area contributed by atoms with E-state index in [-0.39, 0.29) is 41.3 Å². The number of hydrogen-bond donors (Lipinski definition) is 2. The number of carbonyl (C=O) groups is 2. The number of anilines is 1. The number of nitrogens with one attached hydrogen (secondary N) is 1. The molecule has 0 unspecified atom stereocenters. The van der Waals surface area contributed by atoms with Crippen molar-refractivity contribution >= 4 is 33.2 Å². The van der Waals surface area contributed by atoms with Crippen LogP contribution < -0.4 is 10.5 Å². The highest BCUT2D eigenvalue weighted by molar-refractivity contribution is 7.89. The Morgan fingerprint density at radius 3 is 2.31 bits per heavy atom. The number of primary sulfonamides is 1. The van der Waals surface area contributed by atoms with Crippen LogP contribution >= 0.6 is 0 Å². The molecule has 160 valence electrons. The van der Waals surface area contributed by atoms with Crippen LogP contribution in [0.2, 0.25) is 0 Å². The minimum Gasteiger partial charge on any atom is -0.379 e. The Balaban J connectivity index is 1.91. The molecule has 0 radical (unpaired) electrons. The number of nitro groups is 1. The summed E-state index contributed by atoms with van der Waals surface area (Å²) in [7, 11) is -4.06. The molecule has 0 saturated carbocycles. The van der Waals surface area contributed by atoms with Crippen LogP contribution in [0, 0.1) is 16.0 Å². The lowest BCUT2D eigenvalue weighted by Crippen LogP contribution is -2.51. The number of benzene rings is 1. The first-order valence-corrected chi connectivity index (χ1v) is 10.7. The van der Waals surface area contributed by atoms with Gasteiger partial charge in [0, 0.05) is 51.1 Å². The van der Waals surface area contributed by atoms with Crippen LogP contribution in [0.15, 0.2) is 23.1 Å². The molecule has 1 aromatic carbocycles. The molecule has 2 rings (SSSR count). The molecule has 1 aliphatic rings. The van der Waals surface area contributed by atoms with Crippen LogP contribution in [0.1, 0.15) is 20.3 Å². The maximum atomic E-state index is 12.4. The fourth-order valence-corrected chi connectivity index (χ4v) is 3.53. The van der Waals surface area contributed by atoms with Crippen LogP contribution in [0.3, 0.4) is 0 Å². The molecule has 1 aliphatic heterocycles. The lowest BCUT2D eigenvalue weighted by Gasteiger charge is -2.35. The average molecular weight is 427 g/mol. The van der Waals surface area contributed by atoms with Crippen molar-refractivity contribution in [3.63, 3.8) is 0 Å². The standard InChI is InChI=1S/C17H25N5O6S/c1-12(2)17(24)21-9-7-20(8-10-21)16(23)5-6-19-14-4-3-13(29(18,27)28)11-15(14)22(25)26/h3-4,11-12,19H,5-10H2,1-2H3,(H2,18,27,28). The third kappa shape index (κ3) is 5.87. The van der Waals surface area contributed by atoms with Crippen LogP contribution in [0.5, 0.6) is 0 Å². The van der Waals surface area contributed by atoms with E-state index in [1.807, 2.05) is 13.8 Å². The topological polar surface area (TPSA) is 156 Å². The first-order valence-electron chi connectivity index (χ1n) is 9.12. The number of sulfonamides is 1. The number of hydrogen-bond acceptors (Lipinski definition) is 7. The summed E-state index contributed by atoms with van der Waals surface area (Å²) in [6, 6.07) is 3.29. The second-order valence-corrected chi connectivity index (χ2v) is 8.58. The van der Waals surface area contributed by atoms with E-state index in [0.717, 1.165) is 12.1 Å². The predicted octanol–water partition coefficient (Wildman–Crippen LogP) is 0.371. The van der Waals surface area contributed by atoms with Gasteiger partial charge in [-0.25, -0.2) is 13.6 Å². The van der Waals surface area contributed by atoms with Crippen LogP contribution in [0.25, 0.3) is 0 Å². The first-order chi connectivity index (χ1) is 13.5. The molecule has 0 spiro atoms. The molecule has 11 nitrogen and oxygen atoms in total. The molecule has 0 aromatic heterocycles. The van der Waals surface area contributed by atoms with Crippen molar-refractivity contribution in [2.75, 3.05) is 38.0 Å². The number of piperazine rings is 1. The largest absolute Gasteiger partial charge is 0.379 e. The predicted molar refractivity (Wildman–Crippen MR) is 106 cm³/mol. The van der Waals surface area contributed by atoms with E-state index in [0.29, 0.717) is 26.2 Å². The molecule has 12 heteroatoms. The normalized spacial score (nSPS) is 14.8. The van der Waals surface area contributed by atoms with Gasteiger partial charge in [-0.1, -0.05) is 13.8 Å². The second kappa shape index (κ2) is 9.18. The van der Waals surface area contributed by atoms with Crippen molar-refractivity contribution in [3.8, 4) is 0 Å². The van der Waals surface area contributed by atoms with Crippen LogP contribution in [-0.4, -0.2) is 67.7 Å². The molecule has 0 aliphatic carbocycles. The van der Waals surface area contributed by atoms with Gasteiger partial charge >= 0.3 is 0 Å². The van der Waals surface area contributed by atoms with Gasteiger partial charge in [-0.3, -0.25) is 19.7 Å². The van der Waals surface area contributed by atoms with Crippen molar-refractivity contribution < 1.29 is 22.9 Å². The first kappa shape index (κ1) is 22.6. The molecule has 1 fully saturated rings. The third-order valence-electron chi connectivity index (χ3n) is 4.59. The smallest absolute Gasteiger partial charge is 0.293 e. The molecule has 29 heavy (non-hydrogen) atoms. The number of carbonyl (C=O) groups excluding carboxylic acids is 2. The van der Waals surface area contributed by atoms with Crippen molar-refractivity contribution in [1.29, 1.82) is 0 Å². The minimum atomic E-state index is -4.06. The van der Waals surface area contributed by atoms with Gasteiger partial charge in [-0.2, -0.15) is 0 Å². The van der Waals surface area contributed by atoms with Gasteiger partial charge < -0.3 is 15.1 Å².